The van der Waals surface area contributed by atoms with Crippen LogP contribution in [0.25, 0.3) is 0 Å². The van der Waals surface area contributed by atoms with Gasteiger partial charge in [0.15, 0.2) is 0 Å². The minimum absolute atomic E-state index is 0.567. The largest absolute Gasteiger partial charge is 0.357 e. The molecular formula is C14H18N6. The molecule has 0 radical (unpaired) electrons. The van der Waals surface area contributed by atoms with Gasteiger partial charge in [0.25, 0.3) is 0 Å². The number of benzene rings is 1. The molecule has 6 nitrogen and oxygen atoms in total. The van der Waals surface area contributed by atoms with E-state index in [1.807, 2.05) is 37.4 Å². The molecule has 2 N–H and O–H groups in total. The minimum Gasteiger partial charge on any atom is -0.357 e. The summed E-state index contributed by atoms with van der Waals surface area (Å²) in [7, 11) is 1.81. The Hall–Kier alpha value is -2.37. The average molecular weight is 270 g/mol. The Labute approximate surface area is 118 Å². The van der Waals surface area contributed by atoms with Gasteiger partial charge in [0.2, 0.25) is 17.8 Å². The third-order valence-corrected chi connectivity index (χ3v) is 3.27. The van der Waals surface area contributed by atoms with E-state index in [0.717, 1.165) is 24.7 Å². The van der Waals surface area contributed by atoms with Crippen molar-refractivity contribution in [2.24, 2.45) is 0 Å². The van der Waals surface area contributed by atoms with Crippen molar-refractivity contribution in [3.05, 3.63) is 30.3 Å². The van der Waals surface area contributed by atoms with Gasteiger partial charge in [0, 0.05) is 25.8 Å². The van der Waals surface area contributed by atoms with E-state index in [1.165, 1.54) is 12.8 Å². The fourth-order valence-electron chi connectivity index (χ4n) is 2.24. The van der Waals surface area contributed by atoms with Gasteiger partial charge in [-0.1, -0.05) is 18.2 Å². The van der Waals surface area contributed by atoms with Crippen molar-refractivity contribution in [2.45, 2.75) is 12.8 Å². The number of hydrogen-bond donors (Lipinski definition) is 2. The van der Waals surface area contributed by atoms with Crippen molar-refractivity contribution in [3.8, 4) is 0 Å². The summed E-state index contributed by atoms with van der Waals surface area (Å²) >= 11 is 0. The zero-order chi connectivity index (χ0) is 13.8. The predicted octanol–water partition coefficient (Wildman–Crippen LogP) is 2.26. The zero-order valence-corrected chi connectivity index (χ0v) is 11.5. The van der Waals surface area contributed by atoms with Crippen molar-refractivity contribution >= 4 is 23.5 Å². The SMILES string of the molecule is CNc1nc(Nc2ccccc2)nc(N2CCCC2)n1. The van der Waals surface area contributed by atoms with Crippen LogP contribution >= 0.6 is 0 Å². The monoisotopic (exact) mass is 270 g/mol. The van der Waals surface area contributed by atoms with Crippen molar-refractivity contribution in [3.63, 3.8) is 0 Å². The summed E-state index contributed by atoms with van der Waals surface area (Å²) in [5.41, 5.74) is 0.966. The molecule has 3 rings (SSSR count). The number of anilines is 4. The standard InChI is InChI=1S/C14H18N6/c1-15-12-17-13(16-11-7-3-2-4-8-11)19-14(18-12)20-9-5-6-10-20/h2-4,7-8H,5-6,9-10H2,1H3,(H2,15,16,17,18,19). The Morgan fingerprint density at radius 2 is 1.65 bits per heavy atom. The van der Waals surface area contributed by atoms with Crippen LogP contribution in [0.5, 0.6) is 0 Å². The van der Waals surface area contributed by atoms with E-state index in [4.69, 9.17) is 0 Å². The number of aromatic nitrogens is 3. The van der Waals surface area contributed by atoms with Crippen LogP contribution in [0.2, 0.25) is 0 Å². The van der Waals surface area contributed by atoms with Gasteiger partial charge < -0.3 is 15.5 Å². The first-order chi connectivity index (χ1) is 9.85. The van der Waals surface area contributed by atoms with E-state index in [1.54, 1.807) is 0 Å². The van der Waals surface area contributed by atoms with Crippen molar-refractivity contribution in [1.82, 2.24) is 15.0 Å². The van der Waals surface area contributed by atoms with Crippen LogP contribution in [0, 0.1) is 0 Å². The Morgan fingerprint density at radius 3 is 2.35 bits per heavy atom. The van der Waals surface area contributed by atoms with E-state index in [2.05, 4.69) is 30.5 Å². The Morgan fingerprint density at radius 1 is 0.950 bits per heavy atom. The normalized spacial score (nSPS) is 14.3. The highest BCUT2D eigenvalue weighted by Crippen LogP contribution is 2.20. The minimum atomic E-state index is 0.567. The summed E-state index contributed by atoms with van der Waals surface area (Å²) in [6, 6.07) is 9.90. The number of rotatable bonds is 4. The van der Waals surface area contributed by atoms with Crippen LogP contribution in [0.4, 0.5) is 23.5 Å². The first-order valence-corrected chi connectivity index (χ1v) is 6.86. The third-order valence-electron chi connectivity index (χ3n) is 3.27. The lowest BCUT2D eigenvalue weighted by molar-refractivity contribution is 0.885. The highest BCUT2D eigenvalue weighted by Gasteiger charge is 2.17. The van der Waals surface area contributed by atoms with Crippen LogP contribution in [0.3, 0.4) is 0 Å². The van der Waals surface area contributed by atoms with Gasteiger partial charge in [-0.05, 0) is 25.0 Å². The van der Waals surface area contributed by atoms with Crippen LogP contribution in [0.1, 0.15) is 12.8 Å². The molecule has 20 heavy (non-hydrogen) atoms. The second-order valence-electron chi connectivity index (χ2n) is 4.72. The third kappa shape index (κ3) is 2.79. The fraction of sp³-hybridized carbons (Fsp3) is 0.357. The van der Waals surface area contributed by atoms with E-state index in [-0.39, 0.29) is 0 Å². The maximum absolute atomic E-state index is 4.51. The van der Waals surface area contributed by atoms with Crippen LogP contribution in [-0.2, 0) is 0 Å². The Balaban J connectivity index is 1.87. The molecule has 1 fully saturated rings. The summed E-state index contributed by atoms with van der Waals surface area (Å²) < 4.78 is 0. The van der Waals surface area contributed by atoms with Crippen molar-refractivity contribution < 1.29 is 0 Å². The van der Waals surface area contributed by atoms with Gasteiger partial charge in [0.1, 0.15) is 0 Å². The zero-order valence-electron chi connectivity index (χ0n) is 11.5. The fourth-order valence-corrected chi connectivity index (χ4v) is 2.24. The van der Waals surface area contributed by atoms with Crippen LogP contribution in [-0.4, -0.2) is 35.1 Å². The molecule has 1 aliphatic heterocycles. The van der Waals surface area contributed by atoms with Crippen molar-refractivity contribution in [1.29, 1.82) is 0 Å². The number of hydrogen-bond acceptors (Lipinski definition) is 6. The lowest BCUT2D eigenvalue weighted by atomic mass is 10.3. The second-order valence-corrected chi connectivity index (χ2v) is 4.72. The molecule has 0 atom stereocenters. The van der Waals surface area contributed by atoms with Gasteiger partial charge >= 0.3 is 0 Å². The van der Waals surface area contributed by atoms with Gasteiger partial charge in [-0.25, -0.2) is 0 Å². The number of nitrogens with one attached hydrogen (secondary N) is 2. The summed E-state index contributed by atoms with van der Waals surface area (Å²) in [6.07, 6.45) is 2.39. The van der Waals surface area contributed by atoms with Gasteiger partial charge in [-0.3, -0.25) is 0 Å². The molecule has 0 spiro atoms. The number of para-hydroxylation sites is 1. The molecule has 0 amide bonds. The first-order valence-electron chi connectivity index (χ1n) is 6.86. The maximum Gasteiger partial charge on any atom is 0.233 e. The summed E-state index contributed by atoms with van der Waals surface area (Å²) in [4.78, 5) is 15.5. The predicted molar refractivity (Wildman–Crippen MR) is 80.5 cm³/mol. The van der Waals surface area contributed by atoms with Crippen LogP contribution in [0.15, 0.2) is 30.3 Å². The molecule has 0 bridgehead atoms. The molecule has 2 aromatic rings. The van der Waals surface area contributed by atoms with Gasteiger partial charge in [-0.15, -0.1) is 0 Å². The van der Waals surface area contributed by atoms with E-state index < -0.39 is 0 Å². The molecule has 0 unspecified atom stereocenters. The highest BCUT2D eigenvalue weighted by atomic mass is 15.3. The molecular weight excluding hydrogens is 252 g/mol. The average Bonchev–Trinajstić information content (AvgIpc) is 3.02. The molecule has 1 aliphatic rings. The lowest BCUT2D eigenvalue weighted by Gasteiger charge is -2.16. The van der Waals surface area contributed by atoms with Gasteiger partial charge in [0.05, 0.1) is 0 Å². The quantitative estimate of drug-likeness (QED) is 0.888. The maximum atomic E-state index is 4.51. The van der Waals surface area contributed by atoms with E-state index in [0.29, 0.717) is 11.9 Å². The summed E-state index contributed by atoms with van der Waals surface area (Å²) in [5, 5.41) is 6.20. The number of nitrogens with zero attached hydrogens (tertiary/aromatic N) is 4. The highest BCUT2D eigenvalue weighted by molar-refractivity contribution is 5.55. The topological polar surface area (TPSA) is 66.0 Å². The van der Waals surface area contributed by atoms with Crippen LogP contribution < -0.4 is 15.5 Å². The Kier molecular flexibility index (Phi) is 3.62. The lowest BCUT2D eigenvalue weighted by Crippen LogP contribution is -2.21. The van der Waals surface area contributed by atoms with Crippen molar-refractivity contribution in [2.75, 3.05) is 35.7 Å². The molecule has 104 valence electrons. The van der Waals surface area contributed by atoms with Gasteiger partial charge in [-0.2, -0.15) is 15.0 Å². The summed E-state index contributed by atoms with van der Waals surface area (Å²) in [5.74, 6) is 1.89. The smallest absolute Gasteiger partial charge is 0.233 e. The summed E-state index contributed by atoms with van der Waals surface area (Å²) in [6.45, 7) is 2.02. The van der Waals surface area contributed by atoms with E-state index >= 15 is 0 Å². The molecule has 2 heterocycles. The van der Waals surface area contributed by atoms with E-state index in [9.17, 15) is 0 Å². The Bertz CT molecular complexity index is 565. The first kappa shape index (κ1) is 12.7. The molecule has 1 aromatic carbocycles. The molecule has 6 heteroatoms. The molecule has 0 saturated carbocycles. The second kappa shape index (κ2) is 5.73. The molecule has 0 aliphatic carbocycles. The molecule has 1 aromatic heterocycles. The molecule has 1 saturated heterocycles.